The van der Waals surface area contributed by atoms with E-state index in [1.165, 1.54) is 25.3 Å². The third-order valence-electron chi connectivity index (χ3n) is 6.41. The highest BCUT2D eigenvalue weighted by atomic mass is 35.5. The van der Waals surface area contributed by atoms with Crippen LogP contribution in [0.1, 0.15) is 29.4 Å². The maximum Gasteiger partial charge on any atom is 0.418 e. The van der Waals surface area contributed by atoms with Crippen molar-refractivity contribution in [1.82, 2.24) is 29.8 Å². The van der Waals surface area contributed by atoms with Crippen molar-refractivity contribution >= 4 is 23.2 Å². The molecular weight excluding hydrogens is 583 g/mol. The van der Waals surface area contributed by atoms with E-state index < -0.39 is 60.3 Å². The molecule has 1 fully saturated rings. The molecule has 3 N–H and O–H groups in total. The predicted octanol–water partition coefficient (Wildman–Crippen LogP) is 3.69. The maximum absolute atomic E-state index is 14.0. The number of aliphatic hydroxyl groups excluding tert-OH is 3. The Morgan fingerprint density at radius 3 is 2.50 bits per heavy atom. The molecule has 0 spiro atoms. The lowest BCUT2D eigenvalue weighted by Gasteiger charge is -2.41. The molecule has 3 heterocycles. The number of aryl methyl sites for hydroxylation is 1. The minimum Gasteiger partial charge on any atom is -0.394 e. The summed E-state index contributed by atoms with van der Waals surface area (Å²) in [5.74, 6) is -0.891. The van der Waals surface area contributed by atoms with E-state index in [9.17, 15) is 32.9 Å². The number of hydrogen-bond acceptors (Lipinski definition) is 8. The molecular formula is C24H20Cl2F4N6O4. The highest BCUT2D eigenvalue weighted by molar-refractivity contribution is 6.31. The largest absolute Gasteiger partial charge is 0.418 e. The third-order valence-corrected chi connectivity index (χ3v) is 6.95. The summed E-state index contributed by atoms with van der Waals surface area (Å²) in [5.41, 5.74) is -1.07. The van der Waals surface area contributed by atoms with Gasteiger partial charge in [0.2, 0.25) is 0 Å². The average Bonchev–Trinajstić information content (AvgIpc) is 3.52. The van der Waals surface area contributed by atoms with Crippen molar-refractivity contribution in [2.24, 2.45) is 0 Å². The van der Waals surface area contributed by atoms with Gasteiger partial charge in [0, 0.05) is 10.6 Å². The number of ether oxygens (including phenoxy) is 1. The Balaban J connectivity index is 1.58. The van der Waals surface area contributed by atoms with Gasteiger partial charge in [0.15, 0.2) is 5.82 Å². The summed E-state index contributed by atoms with van der Waals surface area (Å²) in [7, 11) is 0. The monoisotopic (exact) mass is 602 g/mol. The molecule has 0 radical (unpaired) electrons. The van der Waals surface area contributed by atoms with Gasteiger partial charge in [-0.2, -0.15) is 18.3 Å². The van der Waals surface area contributed by atoms with E-state index in [0.717, 1.165) is 33.6 Å². The first-order chi connectivity index (χ1) is 18.9. The summed E-state index contributed by atoms with van der Waals surface area (Å²) >= 11 is 11.7. The van der Waals surface area contributed by atoms with Crippen molar-refractivity contribution in [2.45, 2.75) is 43.6 Å². The highest BCUT2D eigenvalue weighted by Crippen LogP contribution is 2.41. The Morgan fingerprint density at radius 2 is 1.82 bits per heavy atom. The molecule has 1 saturated heterocycles. The zero-order valence-electron chi connectivity index (χ0n) is 20.3. The van der Waals surface area contributed by atoms with Gasteiger partial charge in [-0.1, -0.05) is 34.5 Å². The lowest BCUT2D eigenvalue weighted by atomic mass is 9.92. The van der Waals surface area contributed by atoms with E-state index >= 15 is 0 Å². The number of aromatic nitrogens is 6. The molecule has 16 heteroatoms. The molecule has 10 nitrogen and oxygen atoms in total. The van der Waals surface area contributed by atoms with E-state index in [-0.39, 0.29) is 27.4 Å². The molecule has 0 unspecified atom stereocenters. The molecule has 5 rings (SSSR count). The van der Waals surface area contributed by atoms with Crippen molar-refractivity contribution < 1.29 is 37.6 Å². The Kier molecular flexibility index (Phi) is 7.58. The fraction of sp³-hybridized carbons (Fsp3) is 0.333. The molecule has 1 aliphatic heterocycles. The normalized spacial score (nSPS) is 23.5. The van der Waals surface area contributed by atoms with Crippen LogP contribution < -0.4 is 0 Å². The van der Waals surface area contributed by atoms with E-state index in [2.05, 4.69) is 20.4 Å². The molecule has 0 aliphatic carbocycles. The van der Waals surface area contributed by atoms with Crippen LogP contribution in [-0.4, -0.2) is 70.0 Å². The van der Waals surface area contributed by atoms with Crippen LogP contribution in [0.2, 0.25) is 10.0 Å². The average molecular weight is 603 g/mol. The highest BCUT2D eigenvalue weighted by Gasteiger charge is 2.49. The third kappa shape index (κ3) is 5.18. The molecule has 4 aromatic rings. The number of benzene rings is 2. The molecule has 212 valence electrons. The van der Waals surface area contributed by atoms with Gasteiger partial charge in [0.1, 0.15) is 47.8 Å². The molecule has 40 heavy (non-hydrogen) atoms. The van der Waals surface area contributed by atoms with Crippen LogP contribution in [-0.2, 0) is 10.9 Å². The molecule has 1 aliphatic rings. The van der Waals surface area contributed by atoms with Crippen molar-refractivity contribution in [2.75, 3.05) is 6.61 Å². The number of halogens is 6. The van der Waals surface area contributed by atoms with E-state index in [0.29, 0.717) is 5.56 Å². The van der Waals surface area contributed by atoms with Gasteiger partial charge in [-0.05, 0) is 37.3 Å². The topological polar surface area (TPSA) is 131 Å². The van der Waals surface area contributed by atoms with Gasteiger partial charge in [-0.3, -0.25) is 0 Å². The van der Waals surface area contributed by atoms with E-state index in [4.69, 9.17) is 27.9 Å². The van der Waals surface area contributed by atoms with Gasteiger partial charge in [0.05, 0.1) is 29.1 Å². The summed E-state index contributed by atoms with van der Waals surface area (Å²) in [6.45, 7) is 0.709. The number of aliphatic hydroxyl groups is 3. The van der Waals surface area contributed by atoms with Crippen molar-refractivity contribution in [3.63, 3.8) is 0 Å². The Morgan fingerprint density at radius 1 is 1.07 bits per heavy atom. The van der Waals surface area contributed by atoms with E-state index in [1.807, 2.05) is 0 Å². The van der Waals surface area contributed by atoms with Gasteiger partial charge >= 0.3 is 6.18 Å². The summed E-state index contributed by atoms with van der Waals surface area (Å²) < 4.78 is 63.3. The maximum atomic E-state index is 14.0. The molecule has 0 bridgehead atoms. The Hall–Kier alpha value is -3.14. The molecule has 5 atom stereocenters. The lowest BCUT2D eigenvalue weighted by molar-refractivity contribution is -0.210. The summed E-state index contributed by atoms with van der Waals surface area (Å²) in [6.07, 6.45) is -9.48. The van der Waals surface area contributed by atoms with Crippen LogP contribution in [0.25, 0.3) is 16.9 Å². The number of nitrogens with zero attached hydrogens (tertiary/aromatic N) is 6. The quantitative estimate of drug-likeness (QED) is 0.295. The first-order valence-electron chi connectivity index (χ1n) is 11.7. The number of hydrogen-bond donors (Lipinski definition) is 3. The van der Waals surface area contributed by atoms with Gasteiger partial charge in [0.25, 0.3) is 0 Å². The standard InChI is InChI=1S/C24H20Cl2F4N6O4/c1-10-31-23(36(33-10)17-7-12(25)3-4-13(17)24(28,29)30)22-21(39)19(20(38)18(9-37)40-22)35-8-16(32-34-35)11-2-5-14(26)15(27)6-11/h2-8,18-22,37-39H,9H2,1H3/t18-,19+,20+,21-,22-/m1/s1. The summed E-state index contributed by atoms with van der Waals surface area (Å²) in [4.78, 5) is 4.20. The number of alkyl halides is 3. The SMILES string of the molecule is Cc1nc([C@@H]2O[C@H](CO)[C@H](O)[C@H](n3cc(-c4ccc(Cl)c(F)c4)nn3)[C@H]2O)n(-c2cc(Cl)ccc2C(F)(F)F)n1. The van der Waals surface area contributed by atoms with Crippen LogP contribution in [0.3, 0.4) is 0 Å². The van der Waals surface area contributed by atoms with Crippen molar-refractivity contribution in [3.05, 3.63) is 75.7 Å². The zero-order valence-corrected chi connectivity index (χ0v) is 21.8. The van der Waals surface area contributed by atoms with Gasteiger partial charge < -0.3 is 20.1 Å². The molecule has 2 aromatic heterocycles. The smallest absolute Gasteiger partial charge is 0.394 e. The molecule has 2 aromatic carbocycles. The fourth-order valence-electron chi connectivity index (χ4n) is 4.55. The molecule has 0 amide bonds. The first-order valence-corrected chi connectivity index (χ1v) is 12.4. The minimum atomic E-state index is -4.78. The van der Waals surface area contributed by atoms with Crippen LogP contribution in [0, 0.1) is 12.7 Å². The van der Waals surface area contributed by atoms with Crippen LogP contribution in [0.15, 0.2) is 42.6 Å². The number of rotatable bonds is 5. The van der Waals surface area contributed by atoms with E-state index in [1.54, 1.807) is 0 Å². The second-order valence-corrected chi connectivity index (χ2v) is 9.89. The van der Waals surface area contributed by atoms with Gasteiger partial charge in [-0.15, -0.1) is 5.10 Å². The summed E-state index contributed by atoms with van der Waals surface area (Å²) in [6, 6.07) is 5.53. The molecule has 0 saturated carbocycles. The van der Waals surface area contributed by atoms with Crippen LogP contribution >= 0.6 is 23.2 Å². The predicted molar refractivity (Wildman–Crippen MR) is 132 cm³/mol. The van der Waals surface area contributed by atoms with Gasteiger partial charge in [-0.25, -0.2) is 18.7 Å². The summed E-state index contributed by atoms with van der Waals surface area (Å²) in [5, 5.41) is 44.1. The first kappa shape index (κ1) is 28.4. The Bertz CT molecular complexity index is 1550. The lowest BCUT2D eigenvalue weighted by Crippen LogP contribution is -2.53. The Labute approximate surface area is 233 Å². The van der Waals surface area contributed by atoms with Crippen molar-refractivity contribution in [1.29, 1.82) is 0 Å². The van der Waals surface area contributed by atoms with Crippen molar-refractivity contribution in [3.8, 4) is 16.9 Å². The minimum absolute atomic E-state index is 0.0115. The second kappa shape index (κ2) is 10.7. The second-order valence-electron chi connectivity index (χ2n) is 9.05. The van der Waals surface area contributed by atoms with Crippen LogP contribution in [0.5, 0.6) is 0 Å². The zero-order chi connectivity index (χ0) is 28.9. The van der Waals surface area contributed by atoms with Crippen LogP contribution in [0.4, 0.5) is 17.6 Å². The fourth-order valence-corrected chi connectivity index (χ4v) is 4.83.